The molecular weight excluding hydrogens is 230 g/mol. The van der Waals surface area contributed by atoms with Crippen molar-refractivity contribution >= 4 is 10.0 Å². The molecule has 2 rings (SSSR count). The van der Waals surface area contributed by atoms with Crippen molar-refractivity contribution in [3.05, 3.63) is 12.3 Å². The molecule has 0 saturated heterocycles. The van der Waals surface area contributed by atoms with Crippen LogP contribution in [-0.2, 0) is 17.1 Å². The molecule has 7 heteroatoms. The fourth-order valence-corrected chi connectivity index (χ4v) is 3.47. The Morgan fingerprint density at radius 3 is 2.75 bits per heavy atom. The second-order valence-corrected chi connectivity index (χ2v) is 5.70. The van der Waals surface area contributed by atoms with Crippen molar-refractivity contribution in [2.75, 3.05) is 13.2 Å². The highest BCUT2D eigenvalue weighted by Crippen LogP contribution is 2.31. The van der Waals surface area contributed by atoms with Crippen molar-refractivity contribution in [2.45, 2.75) is 23.9 Å². The van der Waals surface area contributed by atoms with Crippen LogP contribution in [-0.4, -0.2) is 46.8 Å². The number of aromatic nitrogens is 2. The lowest BCUT2D eigenvalue weighted by molar-refractivity contribution is 0.250. The quantitative estimate of drug-likeness (QED) is 0.763. The Kier molecular flexibility index (Phi) is 3.00. The molecule has 6 nitrogen and oxygen atoms in total. The molecule has 1 fully saturated rings. The van der Waals surface area contributed by atoms with E-state index in [9.17, 15) is 8.42 Å². The smallest absolute Gasteiger partial charge is 0.260 e. The largest absolute Gasteiger partial charge is 0.395 e. The molecule has 0 aliphatic heterocycles. The maximum atomic E-state index is 12.2. The summed E-state index contributed by atoms with van der Waals surface area (Å²) in [5, 5.41) is 12.9. The zero-order valence-corrected chi connectivity index (χ0v) is 9.89. The van der Waals surface area contributed by atoms with Crippen LogP contribution in [0.2, 0.25) is 0 Å². The Balaban J connectivity index is 2.32. The van der Waals surface area contributed by atoms with Crippen molar-refractivity contribution in [1.82, 2.24) is 14.1 Å². The molecule has 1 aromatic rings. The van der Waals surface area contributed by atoms with Crippen LogP contribution >= 0.6 is 0 Å². The first-order valence-corrected chi connectivity index (χ1v) is 6.62. The summed E-state index contributed by atoms with van der Waals surface area (Å²) in [6.07, 6.45) is 3.20. The van der Waals surface area contributed by atoms with Gasteiger partial charge in [-0.3, -0.25) is 4.68 Å². The van der Waals surface area contributed by atoms with Crippen LogP contribution in [0.1, 0.15) is 12.8 Å². The lowest BCUT2D eigenvalue weighted by Crippen LogP contribution is -2.36. The summed E-state index contributed by atoms with van der Waals surface area (Å²) in [4.78, 5) is 0. The molecule has 0 spiro atoms. The Bertz CT molecular complexity index is 464. The number of aliphatic hydroxyl groups is 1. The minimum absolute atomic E-state index is 0.0482. The van der Waals surface area contributed by atoms with Gasteiger partial charge in [0.1, 0.15) is 0 Å². The van der Waals surface area contributed by atoms with Crippen molar-refractivity contribution in [3.8, 4) is 0 Å². The lowest BCUT2D eigenvalue weighted by Gasteiger charge is -2.20. The maximum absolute atomic E-state index is 12.2. The Morgan fingerprint density at radius 2 is 2.31 bits per heavy atom. The number of hydrogen-bond acceptors (Lipinski definition) is 4. The Hall–Kier alpha value is -0.920. The molecular formula is C9H15N3O3S. The number of sulfonamides is 1. The summed E-state index contributed by atoms with van der Waals surface area (Å²) < 4.78 is 27.2. The minimum Gasteiger partial charge on any atom is -0.395 e. The second kappa shape index (κ2) is 4.15. The predicted octanol–water partition coefficient (Wildman–Crippen LogP) is -0.434. The summed E-state index contributed by atoms with van der Waals surface area (Å²) >= 11 is 0. The van der Waals surface area contributed by atoms with Gasteiger partial charge in [0.05, 0.1) is 12.8 Å². The highest BCUT2D eigenvalue weighted by atomic mass is 32.2. The highest BCUT2D eigenvalue weighted by molar-refractivity contribution is 7.89. The summed E-state index contributed by atoms with van der Waals surface area (Å²) in [7, 11) is -1.92. The number of rotatable bonds is 5. The van der Waals surface area contributed by atoms with Crippen LogP contribution in [0.4, 0.5) is 0 Å². The van der Waals surface area contributed by atoms with E-state index in [1.807, 2.05) is 0 Å². The molecule has 1 saturated carbocycles. The lowest BCUT2D eigenvalue weighted by atomic mass is 10.6. The molecule has 1 aliphatic carbocycles. The number of nitrogens with zero attached hydrogens (tertiary/aromatic N) is 3. The SMILES string of the molecule is Cn1nccc1S(=O)(=O)N(CCO)C1CC1. The number of aryl methyl sites for hydroxylation is 1. The molecule has 1 heterocycles. The fourth-order valence-electron chi connectivity index (χ4n) is 1.70. The monoisotopic (exact) mass is 245 g/mol. The zero-order chi connectivity index (χ0) is 11.8. The van der Waals surface area contributed by atoms with Gasteiger partial charge in [0.25, 0.3) is 10.0 Å². The van der Waals surface area contributed by atoms with Crippen LogP contribution in [0.25, 0.3) is 0 Å². The van der Waals surface area contributed by atoms with E-state index in [0.717, 1.165) is 12.8 Å². The molecule has 16 heavy (non-hydrogen) atoms. The van der Waals surface area contributed by atoms with Crippen molar-refractivity contribution < 1.29 is 13.5 Å². The molecule has 1 aromatic heterocycles. The third-order valence-corrected chi connectivity index (χ3v) is 4.65. The number of aliphatic hydroxyl groups excluding tert-OH is 1. The molecule has 1 N–H and O–H groups in total. The van der Waals surface area contributed by atoms with E-state index in [2.05, 4.69) is 5.10 Å². The average molecular weight is 245 g/mol. The van der Waals surface area contributed by atoms with Gasteiger partial charge in [0.2, 0.25) is 0 Å². The first kappa shape index (κ1) is 11.6. The molecule has 90 valence electrons. The molecule has 0 radical (unpaired) electrons. The van der Waals surface area contributed by atoms with Crippen LogP contribution in [0.3, 0.4) is 0 Å². The van der Waals surface area contributed by atoms with E-state index in [0.29, 0.717) is 0 Å². The second-order valence-electron chi connectivity index (χ2n) is 3.86. The molecule has 0 unspecified atom stereocenters. The van der Waals surface area contributed by atoms with E-state index in [1.165, 1.54) is 21.3 Å². The minimum atomic E-state index is -3.51. The van der Waals surface area contributed by atoms with Crippen molar-refractivity contribution in [1.29, 1.82) is 0 Å². The zero-order valence-electron chi connectivity index (χ0n) is 9.07. The van der Waals surface area contributed by atoms with Gasteiger partial charge >= 0.3 is 0 Å². The van der Waals surface area contributed by atoms with E-state index >= 15 is 0 Å². The first-order valence-electron chi connectivity index (χ1n) is 5.18. The molecule has 0 amide bonds. The fraction of sp³-hybridized carbons (Fsp3) is 0.667. The van der Waals surface area contributed by atoms with Gasteiger partial charge in [-0.15, -0.1) is 0 Å². The van der Waals surface area contributed by atoms with Gasteiger partial charge in [0.15, 0.2) is 5.03 Å². The highest BCUT2D eigenvalue weighted by Gasteiger charge is 2.38. The molecule has 0 atom stereocenters. The van der Waals surface area contributed by atoms with Crippen molar-refractivity contribution in [3.63, 3.8) is 0 Å². The van der Waals surface area contributed by atoms with Crippen molar-refractivity contribution in [2.24, 2.45) is 7.05 Å². The molecule has 0 aromatic carbocycles. The Labute approximate surface area is 94.5 Å². The van der Waals surface area contributed by atoms with E-state index in [4.69, 9.17) is 5.11 Å². The standard InChI is InChI=1S/C9H15N3O3S/c1-11-9(4-5-10-11)16(14,15)12(6-7-13)8-2-3-8/h4-5,8,13H,2-3,6-7H2,1H3. The number of hydrogen-bond donors (Lipinski definition) is 1. The summed E-state index contributed by atoms with van der Waals surface area (Å²) in [6.45, 7) is -0.00817. The van der Waals surface area contributed by atoms with Gasteiger partial charge in [-0.2, -0.15) is 9.40 Å². The summed E-state index contributed by atoms with van der Waals surface area (Å²) in [5.74, 6) is 0. The van der Waals surface area contributed by atoms with E-state index < -0.39 is 10.0 Å². The van der Waals surface area contributed by atoms with Crippen LogP contribution in [0.5, 0.6) is 0 Å². The first-order chi connectivity index (χ1) is 7.57. The van der Waals surface area contributed by atoms with Crippen LogP contribution < -0.4 is 0 Å². The van der Waals surface area contributed by atoms with Gasteiger partial charge in [-0.1, -0.05) is 0 Å². The third kappa shape index (κ3) is 1.98. The molecule has 0 bridgehead atoms. The van der Waals surface area contributed by atoms with Gasteiger partial charge in [0, 0.05) is 19.6 Å². The third-order valence-electron chi connectivity index (χ3n) is 2.62. The van der Waals surface area contributed by atoms with Gasteiger partial charge in [-0.05, 0) is 18.9 Å². The van der Waals surface area contributed by atoms with E-state index in [1.54, 1.807) is 7.05 Å². The van der Waals surface area contributed by atoms with Crippen LogP contribution in [0.15, 0.2) is 17.3 Å². The molecule has 1 aliphatic rings. The summed E-state index contributed by atoms with van der Waals surface area (Å²) in [6, 6.07) is 1.52. The predicted molar refractivity (Wildman–Crippen MR) is 57.2 cm³/mol. The summed E-state index contributed by atoms with van der Waals surface area (Å²) in [5.41, 5.74) is 0. The van der Waals surface area contributed by atoms with Gasteiger partial charge in [-0.25, -0.2) is 8.42 Å². The topological polar surface area (TPSA) is 75.4 Å². The van der Waals surface area contributed by atoms with Gasteiger partial charge < -0.3 is 5.11 Å². The maximum Gasteiger partial charge on any atom is 0.260 e. The normalized spacial score (nSPS) is 16.9. The van der Waals surface area contributed by atoms with Crippen LogP contribution in [0, 0.1) is 0 Å². The Morgan fingerprint density at radius 1 is 1.62 bits per heavy atom. The van der Waals surface area contributed by atoms with E-state index in [-0.39, 0.29) is 24.2 Å². The average Bonchev–Trinajstić information content (AvgIpc) is 2.96.